The molecule has 0 unspecified atom stereocenters. The molecule has 1 heterocycles. The van der Waals surface area contributed by atoms with Crippen LogP contribution in [0.1, 0.15) is 22.5 Å². The highest BCUT2D eigenvalue weighted by atomic mass is 19.3. The SMILES string of the molecule is O=C(O)c1cc(C(F)F)c(O)c(F)n1. The summed E-state index contributed by atoms with van der Waals surface area (Å²) in [5.74, 6) is -4.60. The fraction of sp³-hybridized carbons (Fsp3) is 0.143. The van der Waals surface area contributed by atoms with E-state index in [1.54, 1.807) is 0 Å². The minimum absolute atomic E-state index is 0.422. The summed E-state index contributed by atoms with van der Waals surface area (Å²) in [6, 6.07) is 0.422. The largest absolute Gasteiger partial charge is 0.503 e. The first kappa shape index (κ1) is 10.3. The van der Waals surface area contributed by atoms with Gasteiger partial charge < -0.3 is 10.2 Å². The minimum atomic E-state index is -3.16. The number of alkyl halides is 2. The summed E-state index contributed by atoms with van der Waals surface area (Å²) >= 11 is 0. The fourth-order valence-electron chi connectivity index (χ4n) is 0.802. The molecule has 0 radical (unpaired) electrons. The zero-order valence-corrected chi connectivity index (χ0v) is 6.54. The van der Waals surface area contributed by atoms with E-state index in [4.69, 9.17) is 10.2 Å². The Balaban J connectivity index is 3.35. The van der Waals surface area contributed by atoms with Crippen molar-refractivity contribution in [2.45, 2.75) is 6.43 Å². The van der Waals surface area contributed by atoms with E-state index in [1.165, 1.54) is 0 Å². The summed E-state index contributed by atoms with van der Waals surface area (Å²) < 4.78 is 36.8. The molecule has 0 saturated carbocycles. The quantitative estimate of drug-likeness (QED) is 0.722. The summed E-state index contributed by atoms with van der Waals surface area (Å²) in [5, 5.41) is 17.1. The second kappa shape index (κ2) is 3.52. The third-order valence-corrected chi connectivity index (χ3v) is 1.43. The van der Waals surface area contributed by atoms with Crippen molar-refractivity contribution in [3.05, 3.63) is 23.3 Å². The molecule has 0 aromatic carbocycles. The van der Waals surface area contributed by atoms with Crippen LogP contribution in [-0.4, -0.2) is 21.2 Å². The Morgan fingerprint density at radius 1 is 1.50 bits per heavy atom. The van der Waals surface area contributed by atoms with Crippen molar-refractivity contribution in [3.8, 4) is 5.75 Å². The number of hydrogen-bond donors (Lipinski definition) is 2. The summed E-state index contributed by atoms with van der Waals surface area (Å²) in [5.41, 5.74) is -1.97. The average Bonchev–Trinajstić information content (AvgIpc) is 2.08. The molecule has 0 atom stereocenters. The molecule has 0 fully saturated rings. The molecule has 2 N–H and O–H groups in total. The Morgan fingerprint density at radius 3 is 2.50 bits per heavy atom. The topological polar surface area (TPSA) is 70.4 Å². The van der Waals surface area contributed by atoms with Crippen LogP contribution in [0.5, 0.6) is 5.75 Å². The van der Waals surface area contributed by atoms with E-state index in [9.17, 15) is 18.0 Å². The van der Waals surface area contributed by atoms with E-state index < -0.39 is 35.3 Å². The molecule has 7 heteroatoms. The first-order valence-corrected chi connectivity index (χ1v) is 3.34. The first-order valence-electron chi connectivity index (χ1n) is 3.34. The van der Waals surface area contributed by atoms with Crippen molar-refractivity contribution in [1.82, 2.24) is 4.98 Å². The van der Waals surface area contributed by atoms with E-state index in [-0.39, 0.29) is 0 Å². The molecule has 14 heavy (non-hydrogen) atoms. The van der Waals surface area contributed by atoms with Gasteiger partial charge in [-0.25, -0.2) is 18.6 Å². The standard InChI is InChI=1S/C7H4F3NO3/c8-5(9)2-1-3(7(13)14)11-6(10)4(2)12/h1,5,12H,(H,13,14). The van der Waals surface area contributed by atoms with Crippen molar-refractivity contribution >= 4 is 5.97 Å². The molecule has 0 spiro atoms. The molecule has 0 saturated heterocycles. The molecule has 0 bridgehead atoms. The summed E-state index contributed by atoms with van der Waals surface area (Å²) in [6.07, 6.45) is -3.16. The van der Waals surface area contributed by atoms with Crippen LogP contribution in [-0.2, 0) is 0 Å². The van der Waals surface area contributed by atoms with Gasteiger partial charge in [-0.15, -0.1) is 0 Å². The third-order valence-electron chi connectivity index (χ3n) is 1.43. The number of nitrogens with zero attached hydrogens (tertiary/aromatic N) is 1. The zero-order valence-electron chi connectivity index (χ0n) is 6.54. The van der Waals surface area contributed by atoms with E-state index >= 15 is 0 Å². The molecule has 0 aliphatic carbocycles. The van der Waals surface area contributed by atoms with E-state index in [2.05, 4.69) is 4.98 Å². The number of rotatable bonds is 2. The maximum absolute atomic E-state index is 12.6. The normalized spacial score (nSPS) is 10.6. The Morgan fingerprint density at radius 2 is 2.07 bits per heavy atom. The Hall–Kier alpha value is -1.79. The van der Waals surface area contributed by atoms with Crippen LogP contribution in [0, 0.1) is 5.95 Å². The molecule has 1 aromatic rings. The van der Waals surface area contributed by atoms with E-state index in [0.717, 1.165) is 0 Å². The van der Waals surface area contributed by atoms with Gasteiger partial charge in [0.1, 0.15) is 0 Å². The smallest absolute Gasteiger partial charge is 0.354 e. The van der Waals surface area contributed by atoms with Gasteiger partial charge in [0.25, 0.3) is 12.4 Å². The lowest BCUT2D eigenvalue weighted by atomic mass is 10.2. The van der Waals surface area contributed by atoms with Crippen molar-refractivity contribution in [2.75, 3.05) is 0 Å². The van der Waals surface area contributed by atoms with Crippen molar-refractivity contribution in [3.63, 3.8) is 0 Å². The Bertz CT molecular complexity index is 381. The van der Waals surface area contributed by atoms with Gasteiger partial charge in [-0.2, -0.15) is 4.39 Å². The number of carboxylic acid groups (broad SMARTS) is 1. The number of aromatic hydroxyl groups is 1. The van der Waals surface area contributed by atoms with Crippen LogP contribution in [0.4, 0.5) is 13.2 Å². The third kappa shape index (κ3) is 1.76. The molecule has 4 nitrogen and oxygen atoms in total. The van der Waals surface area contributed by atoms with Crippen LogP contribution in [0.3, 0.4) is 0 Å². The lowest BCUT2D eigenvalue weighted by Gasteiger charge is -2.04. The second-order valence-electron chi connectivity index (χ2n) is 2.34. The molecular weight excluding hydrogens is 203 g/mol. The van der Waals surface area contributed by atoms with E-state index in [0.29, 0.717) is 6.07 Å². The van der Waals surface area contributed by atoms with Crippen LogP contribution < -0.4 is 0 Å². The fourth-order valence-corrected chi connectivity index (χ4v) is 0.802. The molecule has 76 valence electrons. The number of aromatic nitrogens is 1. The number of hydrogen-bond acceptors (Lipinski definition) is 3. The van der Waals surface area contributed by atoms with E-state index in [1.807, 2.05) is 0 Å². The lowest BCUT2D eigenvalue weighted by Crippen LogP contribution is -2.04. The number of aromatic carboxylic acids is 1. The Labute approximate surface area is 75.6 Å². The predicted molar refractivity (Wildman–Crippen MR) is 37.8 cm³/mol. The van der Waals surface area contributed by atoms with Gasteiger partial charge in [0.15, 0.2) is 11.4 Å². The molecule has 0 aliphatic heterocycles. The van der Waals surface area contributed by atoms with Crippen molar-refractivity contribution in [2.24, 2.45) is 0 Å². The summed E-state index contributed by atoms with van der Waals surface area (Å²) in [6.45, 7) is 0. The molecular formula is C7H4F3NO3. The van der Waals surface area contributed by atoms with Gasteiger partial charge in [0.2, 0.25) is 0 Å². The van der Waals surface area contributed by atoms with Crippen LogP contribution in [0.15, 0.2) is 6.07 Å². The maximum Gasteiger partial charge on any atom is 0.354 e. The number of pyridine rings is 1. The number of carbonyl (C=O) groups is 1. The highest BCUT2D eigenvalue weighted by Crippen LogP contribution is 2.29. The summed E-state index contributed by atoms with van der Waals surface area (Å²) in [7, 11) is 0. The van der Waals surface area contributed by atoms with Crippen molar-refractivity contribution < 1.29 is 28.2 Å². The molecule has 0 amide bonds. The molecule has 1 aromatic heterocycles. The molecule has 1 rings (SSSR count). The van der Waals surface area contributed by atoms with Crippen LogP contribution in [0.2, 0.25) is 0 Å². The van der Waals surface area contributed by atoms with Crippen molar-refractivity contribution in [1.29, 1.82) is 0 Å². The van der Waals surface area contributed by atoms with Gasteiger partial charge in [-0.05, 0) is 6.07 Å². The number of carboxylic acids is 1. The van der Waals surface area contributed by atoms with Gasteiger partial charge >= 0.3 is 5.97 Å². The number of halogens is 3. The summed E-state index contributed by atoms with van der Waals surface area (Å²) in [4.78, 5) is 13.0. The van der Waals surface area contributed by atoms with Gasteiger partial charge in [0.05, 0.1) is 5.56 Å². The van der Waals surface area contributed by atoms with Crippen LogP contribution in [0.25, 0.3) is 0 Å². The molecule has 0 aliphatic rings. The lowest BCUT2D eigenvalue weighted by molar-refractivity contribution is 0.0688. The predicted octanol–water partition coefficient (Wildman–Crippen LogP) is 1.56. The van der Waals surface area contributed by atoms with Gasteiger partial charge in [-0.1, -0.05) is 0 Å². The monoisotopic (exact) mass is 207 g/mol. The maximum atomic E-state index is 12.6. The average molecular weight is 207 g/mol. The van der Waals surface area contributed by atoms with Gasteiger partial charge in [-0.3, -0.25) is 0 Å². The minimum Gasteiger partial charge on any atom is -0.503 e. The zero-order chi connectivity index (χ0) is 10.9. The Kier molecular flexibility index (Phi) is 2.59. The first-order chi connectivity index (χ1) is 6.43. The highest BCUT2D eigenvalue weighted by molar-refractivity contribution is 5.85. The second-order valence-corrected chi connectivity index (χ2v) is 2.34. The van der Waals surface area contributed by atoms with Crippen LogP contribution >= 0.6 is 0 Å². The van der Waals surface area contributed by atoms with Gasteiger partial charge in [0, 0.05) is 0 Å². The highest BCUT2D eigenvalue weighted by Gasteiger charge is 2.21.